The van der Waals surface area contributed by atoms with Crippen LogP contribution in [0.3, 0.4) is 0 Å². The molecule has 2 aliphatic heterocycles. The maximum atomic E-state index is 12.9. The van der Waals surface area contributed by atoms with Crippen molar-refractivity contribution < 1.29 is 22.8 Å². The third-order valence-electron chi connectivity index (χ3n) is 5.15. The number of halogens is 1. The van der Waals surface area contributed by atoms with Crippen LogP contribution >= 0.6 is 11.6 Å². The largest absolute Gasteiger partial charge is 0.321 e. The zero-order valence-electron chi connectivity index (χ0n) is 15.8. The third kappa shape index (κ3) is 3.60. The molecule has 0 unspecified atom stereocenters. The van der Waals surface area contributed by atoms with Crippen molar-refractivity contribution in [1.82, 2.24) is 9.62 Å². The lowest BCUT2D eigenvalue weighted by Gasteiger charge is -2.26. The third-order valence-corrected chi connectivity index (χ3v) is 7.37. The normalized spacial score (nSPS) is 16.8. The van der Waals surface area contributed by atoms with E-state index in [0.717, 1.165) is 19.3 Å². The van der Waals surface area contributed by atoms with Crippen molar-refractivity contribution in [1.29, 1.82) is 0 Å². The number of hydrogen-bond donors (Lipinski definition) is 2. The van der Waals surface area contributed by atoms with Crippen LogP contribution in [0.2, 0.25) is 5.02 Å². The van der Waals surface area contributed by atoms with Gasteiger partial charge in [0.15, 0.2) is 0 Å². The van der Waals surface area contributed by atoms with Gasteiger partial charge in [-0.1, -0.05) is 24.1 Å². The monoisotopic (exact) mass is 447 g/mol. The number of amides is 3. The second-order valence-corrected chi connectivity index (χ2v) is 9.42. The fourth-order valence-corrected chi connectivity index (χ4v) is 5.35. The number of fused-ring (bicyclic) bond motifs is 1. The predicted octanol–water partition coefficient (Wildman–Crippen LogP) is 2.65. The van der Waals surface area contributed by atoms with E-state index < -0.39 is 27.7 Å². The van der Waals surface area contributed by atoms with Gasteiger partial charge in [0.25, 0.3) is 17.7 Å². The number of hydrogen-bond acceptors (Lipinski definition) is 5. The van der Waals surface area contributed by atoms with E-state index in [4.69, 9.17) is 11.6 Å². The Labute approximate surface area is 178 Å². The highest BCUT2D eigenvalue weighted by atomic mass is 35.5. The molecule has 2 N–H and O–H groups in total. The van der Waals surface area contributed by atoms with E-state index in [1.165, 1.54) is 40.7 Å². The van der Waals surface area contributed by atoms with E-state index in [2.05, 4.69) is 10.6 Å². The Bertz CT molecular complexity index is 1170. The van der Waals surface area contributed by atoms with Gasteiger partial charge in [0.2, 0.25) is 10.0 Å². The van der Waals surface area contributed by atoms with E-state index >= 15 is 0 Å². The summed E-state index contributed by atoms with van der Waals surface area (Å²) in [4.78, 5) is 36.7. The maximum absolute atomic E-state index is 12.9. The molecule has 4 rings (SSSR count). The number of sulfonamides is 1. The number of carbonyl (C=O) groups excluding carboxylic acids is 3. The molecule has 10 heteroatoms. The number of carbonyl (C=O) groups is 3. The minimum atomic E-state index is -3.75. The molecule has 2 aromatic carbocycles. The Balaban J connectivity index is 1.66. The van der Waals surface area contributed by atoms with Gasteiger partial charge in [0.1, 0.15) is 0 Å². The summed E-state index contributed by atoms with van der Waals surface area (Å²) >= 11 is 6.16. The second-order valence-electron chi connectivity index (χ2n) is 7.07. The zero-order valence-corrected chi connectivity index (χ0v) is 17.3. The molecule has 0 spiro atoms. The smallest absolute Gasteiger partial charge is 0.261 e. The first-order valence-corrected chi connectivity index (χ1v) is 11.2. The van der Waals surface area contributed by atoms with Crippen LogP contribution < -0.4 is 10.6 Å². The van der Waals surface area contributed by atoms with Crippen molar-refractivity contribution in [3.63, 3.8) is 0 Å². The number of nitrogens with one attached hydrogen (secondary N) is 2. The molecule has 2 aliphatic rings. The number of rotatable bonds is 4. The standard InChI is InChI=1S/C20H18ClN3O5S/c21-15-8-7-12(30(28,29)24-9-2-1-3-10-24)11-14(15)19(26)22-16-6-4-5-13-17(16)20(27)23-18(13)25/h4-8,11H,1-3,9-10H2,(H,22,26)(H,23,25,27). The number of anilines is 1. The highest BCUT2D eigenvalue weighted by Gasteiger charge is 2.31. The van der Waals surface area contributed by atoms with Gasteiger partial charge >= 0.3 is 0 Å². The van der Waals surface area contributed by atoms with Crippen molar-refractivity contribution in [3.05, 3.63) is 58.1 Å². The average molecular weight is 448 g/mol. The van der Waals surface area contributed by atoms with E-state index in [-0.39, 0.29) is 32.3 Å². The van der Waals surface area contributed by atoms with Gasteiger partial charge in [-0.2, -0.15) is 4.31 Å². The first-order valence-electron chi connectivity index (χ1n) is 9.39. The Morgan fingerprint density at radius 1 is 1.03 bits per heavy atom. The van der Waals surface area contributed by atoms with Crippen LogP contribution in [0, 0.1) is 0 Å². The highest BCUT2D eigenvalue weighted by molar-refractivity contribution is 7.89. The lowest BCUT2D eigenvalue weighted by Crippen LogP contribution is -2.35. The summed E-state index contributed by atoms with van der Waals surface area (Å²) in [5.74, 6) is -1.84. The number of imide groups is 1. The molecule has 0 aliphatic carbocycles. The van der Waals surface area contributed by atoms with Crippen molar-refractivity contribution in [2.75, 3.05) is 18.4 Å². The quantitative estimate of drug-likeness (QED) is 0.699. The predicted molar refractivity (Wildman–Crippen MR) is 110 cm³/mol. The molecule has 1 fully saturated rings. The summed E-state index contributed by atoms with van der Waals surface area (Å²) in [6.45, 7) is 0.873. The van der Waals surface area contributed by atoms with E-state index in [0.29, 0.717) is 13.1 Å². The average Bonchev–Trinajstić information content (AvgIpc) is 3.03. The van der Waals surface area contributed by atoms with Crippen LogP contribution in [-0.2, 0) is 10.0 Å². The first-order chi connectivity index (χ1) is 14.3. The van der Waals surface area contributed by atoms with E-state index in [1.807, 2.05) is 0 Å². The van der Waals surface area contributed by atoms with Gasteiger partial charge in [-0.05, 0) is 43.2 Å². The van der Waals surface area contributed by atoms with Gasteiger partial charge in [-0.3, -0.25) is 19.7 Å². The van der Waals surface area contributed by atoms with Gasteiger partial charge in [0.05, 0.1) is 32.3 Å². The number of piperidine rings is 1. The lowest BCUT2D eigenvalue weighted by atomic mass is 10.1. The summed E-state index contributed by atoms with van der Waals surface area (Å²) in [5, 5.41) is 4.80. The molecule has 2 heterocycles. The Kier molecular flexibility index (Phi) is 5.35. The first kappa shape index (κ1) is 20.5. The van der Waals surface area contributed by atoms with Gasteiger partial charge in [-0.15, -0.1) is 0 Å². The van der Waals surface area contributed by atoms with Crippen LogP contribution in [0.5, 0.6) is 0 Å². The van der Waals surface area contributed by atoms with Crippen LogP contribution in [-0.4, -0.2) is 43.5 Å². The molecule has 1 saturated heterocycles. The molecule has 0 saturated carbocycles. The van der Waals surface area contributed by atoms with Crippen LogP contribution in [0.15, 0.2) is 41.3 Å². The van der Waals surface area contributed by atoms with Crippen molar-refractivity contribution >= 4 is 45.0 Å². The molecule has 156 valence electrons. The summed E-state index contributed by atoms with van der Waals surface area (Å²) in [5.41, 5.74) is 0.313. The van der Waals surface area contributed by atoms with Gasteiger partial charge < -0.3 is 5.32 Å². The molecule has 3 amide bonds. The van der Waals surface area contributed by atoms with Gasteiger partial charge in [-0.25, -0.2) is 8.42 Å². The summed E-state index contributed by atoms with van der Waals surface area (Å²) in [6, 6.07) is 8.46. The Hall–Kier alpha value is -2.75. The van der Waals surface area contributed by atoms with Crippen LogP contribution in [0.1, 0.15) is 50.3 Å². The van der Waals surface area contributed by atoms with Crippen LogP contribution in [0.25, 0.3) is 0 Å². The number of benzene rings is 2. The van der Waals surface area contributed by atoms with Crippen molar-refractivity contribution in [2.24, 2.45) is 0 Å². The Morgan fingerprint density at radius 2 is 1.77 bits per heavy atom. The molecule has 0 atom stereocenters. The minimum Gasteiger partial charge on any atom is -0.321 e. The lowest BCUT2D eigenvalue weighted by molar-refractivity contribution is 0.0879. The molecule has 0 bridgehead atoms. The fraction of sp³-hybridized carbons (Fsp3) is 0.250. The summed E-state index contributed by atoms with van der Waals surface area (Å²) in [7, 11) is -3.75. The molecule has 0 radical (unpaired) electrons. The summed E-state index contributed by atoms with van der Waals surface area (Å²) < 4.78 is 27.3. The fourth-order valence-electron chi connectivity index (χ4n) is 3.61. The molecule has 8 nitrogen and oxygen atoms in total. The van der Waals surface area contributed by atoms with Crippen LogP contribution in [0.4, 0.5) is 5.69 Å². The minimum absolute atomic E-state index is 0.0230. The topological polar surface area (TPSA) is 113 Å². The summed E-state index contributed by atoms with van der Waals surface area (Å²) in [6.07, 6.45) is 2.57. The van der Waals surface area contributed by atoms with Crippen molar-refractivity contribution in [3.8, 4) is 0 Å². The molecular weight excluding hydrogens is 430 g/mol. The van der Waals surface area contributed by atoms with Gasteiger partial charge in [0, 0.05) is 13.1 Å². The number of nitrogens with zero attached hydrogens (tertiary/aromatic N) is 1. The molecular formula is C20H18ClN3O5S. The molecule has 30 heavy (non-hydrogen) atoms. The van der Waals surface area contributed by atoms with E-state index in [1.54, 1.807) is 0 Å². The highest BCUT2D eigenvalue weighted by Crippen LogP contribution is 2.28. The SMILES string of the molecule is O=C(Nc1cccc2c1C(=O)NC2=O)c1cc(S(=O)(=O)N2CCCCC2)ccc1Cl. The Morgan fingerprint density at radius 3 is 2.50 bits per heavy atom. The molecule has 2 aromatic rings. The maximum Gasteiger partial charge on any atom is 0.261 e. The van der Waals surface area contributed by atoms with E-state index in [9.17, 15) is 22.8 Å². The van der Waals surface area contributed by atoms with Crippen molar-refractivity contribution in [2.45, 2.75) is 24.2 Å². The second kappa shape index (κ2) is 7.82. The molecule has 0 aromatic heterocycles. The zero-order chi connectivity index (χ0) is 21.5.